The van der Waals surface area contributed by atoms with Gasteiger partial charge < -0.3 is 9.47 Å². The molecule has 2 heterocycles. The van der Waals surface area contributed by atoms with Crippen molar-refractivity contribution >= 4 is 11.0 Å². The average molecular weight is 296 g/mol. The SMILES string of the molecule is c1ccc(-c2cccc3nonc23)c(OCC2CCOC2)c1. The van der Waals surface area contributed by atoms with E-state index in [4.69, 9.17) is 14.1 Å². The van der Waals surface area contributed by atoms with E-state index in [1.807, 2.05) is 42.5 Å². The zero-order chi connectivity index (χ0) is 14.8. The van der Waals surface area contributed by atoms with Crippen LogP contribution in [0.1, 0.15) is 6.42 Å². The monoisotopic (exact) mass is 296 g/mol. The minimum atomic E-state index is 0.470. The summed E-state index contributed by atoms with van der Waals surface area (Å²) in [6.45, 7) is 2.29. The van der Waals surface area contributed by atoms with Gasteiger partial charge in [0.1, 0.15) is 16.8 Å². The lowest BCUT2D eigenvalue weighted by Crippen LogP contribution is -2.12. The number of aromatic nitrogens is 2. The van der Waals surface area contributed by atoms with Crippen molar-refractivity contribution in [3.05, 3.63) is 42.5 Å². The summed E-state index contributed by atoms with van der Waals surface area (Å²) in [5.41, 5.74) is 3.47. The maximum atomic E-state index is 6.04. The molecule has 112 valence electrons. The minimum Gasteiger partial charge on any atom is -0.493 e. The standard InChI is InChI=1S/C17H16N2O3/c1-2-7-16(21-11-12-8-9-20-10-12)13(4-1)14-5-3-6-15-17(14)19-22-18-15/h1-7,12H,8-11H2. The lowest BCUT2D eigenvalue weighted by atomic mass is 10.0. The molecule has 1 fully saturated rings. The number of benzene rings is 2. The molecule has 0 saturated carbocycles. The highest BCUT2D eigenvalue weighted by Gasteiger charge is 2.18. The number of nitrogens with zero attached hydrogens (tertiary/aromatic N) is 2. The van der Waals surface area contributed by atoms with E-state index in [1.54, 1.807) is 0 Å². The highest BCUT2D eigenvalue weighted by atomic mass is 16.6. The molecule has 5 nitrogen and oxygen atoms in total. The first kappa shape index (κ1) is 13.3. The van der Waals surface area contributed by atoms with Crippen LogP contribution in [0.15, 0.2) is 47.1 Å². The van der Waals surface area contributed by atoms with E-state index in [9.17, 15) is 0 Å². The first-order chi connectivity index (χ1) is 10.9. The Balaban J connectivity index is 1.68. The van der Waals surface area contributed by atoms with Gasteiger partial charge in [-0.15, -0.1) is 0 Å². The molecule has 0 bridgehead atoms. The highest BCUT2D eigenvalue weighted by molar-refractivity contribution is 5.92. The lowest BCUT2D eigenvalue weighted by molar-refractivity contribution is 0.167. The second-order valence-corrected chi connectivity index (χ2v) is 5.47. The minimum absolute atomic E-state index is 0.470. The second kappa shape index (κ2) is 5.77. The van der Waals surface area contributed by atoms with E-state index < -0.39 is 0 Å². The third kappa shape index (κ3) is 2.44. The van der Waals surface area contributed by atoms with E-state index in [0.717, 1.165) is 47.5 Å². The fraction of sp³-hybridized carbons (Fsp3) is 0.294. The van der Waals surface area contributed by atoms with Crippen molar-refractivity contribution in [2.45, 2.75) is 6.42 Å². The van der Waals surface area contributed by atoms with Crippen LogP contribution in [0.2, 0.25) is 0 Å². The Kier molecular flexibility index (Phi) is 3.48. The molecular formula is C17H16N2O3. The average Bonchev–Trinajstić information content (AvgIpc) is 3.24. The van der Waals surface area contributed by atoms with E-state index >= 15 is 0 Å². The zero-order valence-electron chi connectivity index (χ0n) is 12.1. The summed E-state index contributed by atoms with van der Waals surface area (Å²) in [6, 6.07) is 13.8. The predicted octanol–water partition coefficient (Wildman–Crippen LogP) is 3.31. The van der Waals surface area contributed by atoms with Crippen LogP contribution in [0.3, 0.4) is 0 Å². The molecule has 0 radical (unpaired) electrons. The number of ether oxygens (including phenoxy) is 2. The quantitative estimate of drug-likeness (QED) is 0.739. The molecule has 0 spiro atoms. The Bertz CT molecular complexity index is 778. The van der Waals surface area contributed by atoms with Crippen molar-refractivity contribution in [2.24, 2.45) is 5.92 Å². The number of hydrogen-bond donors (Lipinski definition) is 0. The van der Waals surface area contributed by atoms with Gasteiger partial charge in [-0.2, -0.15) is 0 Å². The predicted molar refractivity (Wildman–Crippen MR) is 81.7 cm³/mol. The Morgan fingerprint density at radius 2 is 1.95 bits per heavy atom. The molecule has 4 rings (SSSR count). The summed E-state index contributed by atoms with van der Waals surface area (Å²) in [6.07, 6.45) is 1.06. The normalized spacial score (nSPS) is 17.9. The summed E-state index contributed by atoms with van der Waals surface area (Å²) >= 11 is 0. The first-order valence-corrected chi connectivity index (χ1v) is 7.43. The molecule has 22 heavy (non-hydrogen) atoms. The fourth-order valence-corrected chi connectivity index (χ4v) is 2.76. The molecule has 0 N–H and O–H groups in total. The maximum Gasteiger partial charge on any atom is 0.143 e. The Labute approximate surface area is 127 Å². The van der Waals surface area contributed by atoms with Crippen molar-refractivity contribution < 1.29 is 14.1 Å². The van der Waals surface area contributed by atoms with E-state index in [0.29, 0.717) is 12.5 Å². The first-order valence-electron chi connectivity index (χ1n) is 7.43. The number of rotatable bonds is 4. The van der Waals surface area contributed by atoms with Crippen LogP contribution in [0.25, 0.3) is 22.2 Å². The molecule has 1 aliphatic heterocycles. The smallest absolute Gasteiger partial charge is 0.143 e. The van der Waals surface area contributed by atoms with Crippen molar-refractivity contribution in [1.82, 2.24) is 10.3 Å². The Morgan fingerprint density at radius 3 is 2.86 bits per heavy atom. The van der Waals surface area contributed by atoms with Crippen molar-refractivity contribution in [3.63, 3.8) is 0 Å². The Hall–Kier alpha value is -2.40. The van der Waals surface area contributed by atoms with Gasteiger partial charge in [0.2, 0.25) is 0 Å². The third-order valence-electron chi connectivity index (χ3n) is 3.96. The fourth-order valence-electron chi connectivity index (χ4n) is 2.76. The molecule has 2 aromatic carbocycles. The maximum absolute atomic E-state index is 6.04. The third-order valence-corrected chi connectivity index (χ3v) is 3.96. The summed E-state index contributed by atoms with van der Waals surface area (Å²) in [4.78, 5) is 0. The van der Waals surface area contributed by atoms with Gasteiger partial charge >= 0.3 is 0 Å². The molecular weight excluding hydrogens is 280 g/mol. The molecule has 0 aliphatic carbocycles. The molecule has 1 saturated heterocycles. The number of hydrogen-bond acceptors (Lipinski definition) is 5. The molecule has 1 unspecified atom stereocenters. The highest BCUT2D eigenvalue weighted by Crippen LogP contribution is 2.34. The molecule has 1 aliphatic rings. The summed E-state index contributed by atoms with van der Waals surface area (Å²) < 4.78 is 16.3. The van der Waals surface area contributed by atoms with Crippen molar-refractivity contribution in [3.8, 4) is 16.9 Å². The van der Waals surface area contributed by atoms with Crippen LogP contribution >= 0.6 is 0 Å². The van der Waals surface area contributed by atoms with E-state index in [1.165, 1.54) is 0 Å². The molecule has 0 amide bonds. The van der Waals surface area contributed by atoms with Gasteiger partial charge in [0.25, 0.3) is 0 Å². The van der Waals surface area contributed by atoms with Crippen LogP contribution in [0, 0.1) is 5.92 Å². The number of para-hydroxylation sites is 1. The van der Waals surface area contributed by atoms with Crippen LogP contribution in [-0.2, 0) is 4.74 Å². The van der Waals surface area contributed by atoms with Gasteiger partial charge in [0, 0.05) is 23.7 Å². The van der Waals surface area contributed by atoms with Crippen LogP contribution in [-0.4, -0.2) is 30.1 Å². The van der Waals surface area contributed by atoms with Gasteiger partial charge in [-0.05, 0) is 28.9 Å². The van der Waals surface area contributed by atoms with Crippen LogP contribution in [0.4, 0.5) is 0 Å². The van der Waals surface area contributed by atoms with E-state index in [-0.39, 0.29) is 0 Å². The molecule has 1 atom stereocenters. The van der Waals surface area contributed by atoms with Gasteiger partial charge in [-0.3, -0.25) is 0 Å². The summed E-state index contributed by atoms with van der Waals surface area (Å²) in [5.74, 6) is 1.32. The van der Waals surface area contributed by atoms with Crippen molar-refractivity contribution in [2.75, 3.05) is 19.8 Å². The van der Waals surface area contributed by atoms with Crippen LogP contribution < -0.4 is 4.74 Å². The summed E-state index contributed by atoms with van der Waals surface area (Å²) in [5, 5.41) is 7.91. The van der Waals surface area contributed by atoms with Crippen molar-refractivity contribution in [1.29, 1.82) is 0 Å². The lowest BCUT2D eigenvalue weighted by Gasteiger charge is -2.14. The topological polar surface area (TPSA) is 57.4 Å². The largest absolute Gasteiger partial charge is 0.493 e. The second-order valence-electron chi connectivity index (χ2n) is 5.47. The summed E-state index contributed by atoms with van der Waals surface area (Å²) in [7, 11) is 0. The van der Waals surface area contributed by atoms with Gasteiger partial charge in [-0.25, -0.2) is 4.63 Å². The van der Waals surface area contributed by atoms with E-state index in [2.05, 4.69) is 10.3 Å². The van der Waals surface area contributed by atoms with Crippen LogP contribution in [0.5, 0.6) is 5.75 Å². The molecule has 1 aromatic heterocycles. The van der Waals surface area contributed by atoms with Gasteiger partial charge in [0.05, 0.1) is 13.2 Å². The molecule has 3 aromatic rings. The number of fused-ring (bicyclic) bond motifs is 1. The Morgan fingerprint density at radius 1 is 1.05 bits per heavy atom. The molecule has 5 heteroatoms. The van der Waals surface area contributed by atoms with Gasteiger partial charge in [-0.1, -0.05) is 30.3 Å². The zero-order valence-corrected chi connectivity index (χ0v) is 12.1. The van der Waals surface area contributed by atoms with Gasteiger partial charge in [0.15, 0.2) is 0 Å².